The summed E-state index contributed by atoms with van der Waals surface area (Å²) in [6.45, 7) is 3.34. The Balaban J connectivity index is 2.28. The van der Waals surface area contributed by atoms with Crippen LogP contribution in [0.25, 0.3) is 0 Å². The van der Waals surface area contributed by atoms with Gasteiger partial charge in [-0.2, -0.15) is 4.98 Å². The summed E-state index contributed by atoms with van der Waals surface area (Å²) in [5.74, 6) is 1.24. The summed E-state index contributed by atoms with van der Waals surface area (Å²) in [5.41, 5.74) is 0.559. The molecule has 0 N–H and O–H groups in total. The molecule has 0 spiro atoms. The van der Waals surface area contributed by atoms with Crippen LogP contribution in [0.3, 0.4) is 0 Å². The Morgan fingerprint density at radius 3 is 2.58 bits per heavy atom. The van der Waals surface area contributed by atoms with Crippen molar-refractivity contribution in [1.82, 2.24) is 9.97 Å². The highest BCUT2D eigenvalue weighted by Crippen LogP contribution is 2.27. The standard InChI is InChI=1S/C12H10ClN3O3/c1-7-5-9(3-4-10(7)16(17)18)19-12-6-11(13)14-8(2)15-12/h3-6H,1-2H3. The van der Waals surface area contributed by atoms with Crippen LogP contribution in [0.15, 0.2) is 24.3 Å². The first-order valence-electron chi connectivity index (χ1n) is 5.40. The van der Waals surface area contributed by atoms with Gasteiger partial charge < -0.3 is 4.74 Å². The maximum atomic E-state index is 10.7. The summed E-state index contributed by atoms with van der Waals surface area (Å²) in [6, 6.07) is 5.95. The van der Waals surface area contributed by atoms with Crippen molar-refractivity contribution in [3.63, 3.8) is 0 Å². The maximum absolute atomic E-state index is 10.7. The maximum Gasteiger partial charge on any atom is 0.272 e. The van der Waals surface area contributed by atoms with Gasteiger partial charge >= 0.3 is 0 Å². The second-order valence-electron chi connectivity index (χ2n) is 3.88. The molecule has 0 saturated heterocycles. The summed E-state index contributed by atoms with van der Waals surface area (Å²) in [5, 5.41) is 11.0. The third-order valence-electron chi connectivity index (χ3n) is 2.37. The van der Waals surface area contributed by atoms with Crippen LogP contribution in [0.5, 0.6) is 11.6 Å². The zero-order valence-corrected chi connectivity index (χ0v) is 11.0. The summed E-state index contributed by atoms with van der Waals surface area (Å²) in [4.78, 5) is 18.2. The van der Waals surface area contributed by atoms with Gasteiger partial charge in [0.1, 0.15) is 16.7 Å². The molecule has 0 fully saturated rings. The van der Waals surface area contributed by atoms with E-state index in [1.54, 1.807) is 19.9 Å². The molecule has 98 valence electrons. The highest BCUT2D eigenvalue weighted by Gasteiger charge is 2.11. The minimum Gasteiger partial charge on any atom is -0.439 e. The van der Waals surface area contributed by atoms with Crippen LogP contribution in [0.1, 0.15) is 11.4 Å². The molecule has 2 aromatic rings. The number of hydrogen-bond acceptors (Lipinski definition) is 5. The molecule has 0 bridgehead atoms. The smallest absolute Gasteiger partial charge is 0.272 e. The summed E-state index contributed by atoms with van der Waals surface area (Å²) in [6.07, 6.45) is 0. The van der Waals surface area contributed by atoms with Crippen molar-refractivity contribution in [1.29, 1.82) is 0 Å². The first kappa shape index (κ1) is 13.2. The van der Waals surface area contributed by atoms with Crippen LogP contribution in [0.4, 0.5) is 5.69 Å². The van der Waals surface area contributed by atoms with Gasteiger partial charge in [0.2, 0.25) is 5.88 Å². The second-order valence-corrected chi connectivity index (χ2v) is 4.27. The van der Waals surface area contributed by atoms with E-state index >= 15 is 0 Å². The highest BCUT2D eigenvalue weighted by atomic mass is 35.5. The molecule has 0 amide bonds. The van der Waals surface area contributed by atoms with E-state index in [2.05, 4.69) is 9.97 Å². The minimum atomic E-state index is -0.440. The van der Waals surface area contributed by atoms with Crippen LogP contribution < -0.4 is 4.74 Å². The molecule has 0 unspecified atom stereocenters. The molecule has 0 aliphatic rings. The zero-order chi connectivity index (χ0) is 14.0. The molecule has 1 heterocycles. The number of aryl methyl sites for hydroxylation is 2. The molecule has 0 aliphatic heterocycles. The average Bonchev–Trinajstić information content (AvgIpc) is 2.26. The second kappa shape index (κ2) is 5.19. The Kier molecular flexibility index (Phi) is 3.62. The van der Waals surface area contributed by atoms with Gasteiger partial charge in [-0.05, 0) is 26.0 Å². The largest absolute Gasteiger partial charge is 0.439 e. The van der Waals surface area contributed by atoms with Crippen molar-refractivity contribution in [3.8, 4) is 11.6 Å². The van der Waals surface area contributed by atoms with Gasteiger partial charge in [0.05, 0.1) is 4.92 Å². The van der Waals surface area contributed by atoms with E-state index in [4.69, 9.17) is 16.3 Å². The summed E-state index contributed by atoms with van der Waals surface area (Å²) < 4.78 is 5.50. The molecular weight excluding hydrogens is 270 g/mol. The van der Waals surface area contributed by atoms with Gasteiger partial charge in [0.25, 0.3) is 5.69 Å². The molecular formula is C12H10ClN3O3. The van der Waals surface area contributed by atoms with E-state index in [1.165, 1.54) is 18.2 Å². The van der Waals surface area contributed by atoms with E-state index in [9.17, 15) is 10.1 Å². The van der Waals surface area contributed by atoms with Gasteiger partial charge in [-0.25, -0.2) is 4.98 Å². The Labute approximate surface area is 114 Å². The van der Waals surface area contributed by atoms with Gasteiger partial charge in [0, 0.05) is 17.7 Å². The van der Waals surface area contributed by atoms with Crippen LogP contribution >= 0.6 is 11.6 Å². The molecule has 1 aromatic heterocycles. The number of nitro groups is 1. The number of nitro benzene ring substituents is 1. The lowest BCUT2D eigenvalue weighted by Crippen LogP contribution is -1.95. The predicted molar refractivity (Wildman–Crippen MR) is 69.7 cm³/mol. The van der Waals surface area contributed by atoms with E-state index in [0.717, 1.165) is 0 Å². The minimum absolute atomic E-state index is 0.0456. The third kappa shape index (κ3) is 3.17. The van der Waals surface area contributed by atoms with Gasteiger partial charge in [-0.3, -0.25) is 10.1 Å². The van der Waals surface area contributed by atoms with Crippen molar-refractivity contribution in [2.75, 3.05) is 0 Å². The first-order valence-corrected chi connectivity index (χ1v) is 5.77. The number of aromatic nitrogens is 2. The number of ether oxygens (including phenoxy) is 1. The lowest BCUT2D eigenvalue weighted by atomic mass is 10.2. The third-order valence-corrected chi connectivity index (χ3v) is 2.56. The first-order chi connectivity index (χ1) is 8.95. The number of halogens is 1. The SMILES string of the molecule is Cc1nc(Cl)cc(Oc2ccc([N+](=O)[O-])c(C)c2)n1. The average molecular weight is 280 g/mol. The van der Waals surface area contributed by atoms with Crippen molar-refractivity contribution in [3.05, 3.63) is 50.9 Å². The van der Waals surface area contributed by atoms with Crippen LogP contribution in [0.2, 0.25) is 5.15 Å². The van der Waals surface area contributed by atoms with Crippen molar-refractivity contribution < 1.29 is 9.66 Å². The summed E-state index contributed by atoms with van der Waals surface area (Å²) >= 11 is 5.79. The number of hydrogen-bond donors (Lipinski definition) is 0. The predicted octanol–water partition coefficient (Wildman–Crippen LogP) is 3.45. The number of rotatable bonds is 3. The van der Waals surface area contributed by atoms with E-state index in [-0.39, 0.29) is 10.8 Å². The normalized spacial score (nSPS) is 10.3. The van der Waals surface area contributed by atoms with Crippen LogP contribution in [-0.2, 0) is 0 Å². The molecule has 0 atom stereocenters. The molecule has 0 aliphatic carbocycles. The van der Waals surface area contributed by atoms with Gasteiger partial charge in [0.15, 0.2) is 0 Å². The van der Waals surface area contributed by atoms with Crippen LogP contribution in [0, 0.1) is 24.0 Å². The summed E-state index contributed by atoms with van der Waals surface area (Å²) in [7, 11) is 0. The fourth-order valence-corrected chi connectivity index (χ4v) is 1.79. The number of nitrogens with zero attached hydrogens (tertiary/aromatic N) is 3. The lowest BCUT2D eigenvalue weighted by molar-refractivity contribution is -0.385. The highest BCUT2D eigenvalue weighted by molar-refractivity contribution is 6.29. The lowest BCUT2D eigenvalue weighted by Gasteiger charge is -2.06. The topological polar surface area (TPSA) is 78.2 Å². The molecule has 0 radical (unpaired) electrons. The van der Waals surface area contributed by atoms with E-state index in [0.29, 0.717) is 23.0 Å². The molecule has 2 rings (SSSR count). The van der Waals surface area contributed by atoms with Crippen molar-refractivity contribution >= 4 is 17.3 Å². The molecule has 1 aromatic carbocycles. The Bertz CT molecular complexity index is 626. The Morgan fingerprint density at radius 1 is 1.26 bits per heavy atom. The van der Waals surface area contributed by atoms with Gasteiger partial charge in [-0.15, -0.1) is 0 Å². The van der Waals surface area contributed by atoms with E-state index in [1.807, 2.05) is 0 Å². The van der Waals surface area contributed by atoms with E-state index < -0.39 is 4.92 Å². The fourth-order valence-electron chi connectivity index (χ4n) is 1.57. The van der Waals surface area contributed by atoms with Crippen LogP contribution in [-0.4, -0.2) is 14.9 Å². The van der Waals surface area contributed by atoms with Crippen molar-refractivity contribution in [2.24, 2.45) is 0 Å². The van der Waals surface area contributed by atoms with Gasteiger partial charge in [-0.1, -0.05) is 11.6 Å². The Morgan fingerprint density at radius 2 is 2.00 bits per heavy atom. The molecule has 7 heteroatoms. The molecule has 6 nitrogen and oxygen atoms in total. The number of benzene rings is 1. The Hall–Kier alpha value is -2.21. The molecule has 19 heavy (non-hydrogen) atoms. The fraction of sp³-hybridized carbons (Fsp3) is 0.167. The monoisotopic (exact) mass is 279 g/mol. The quantitative estimate of drug-likeness (QED) is 0.488. The van der Waals surface area contributed by atoms with Crippen molar-refractivity contribution in [2.45, 2.75) is 13.8 Å². The zero-order valence-electron chi connectivity index (χ0n) is 10.3. The molecule has 0 saturated carbocycles.